The highest BCUT2D eigenvalue weighted by molar-refractivity contribution is 6.04. The summed E-state index contributed by atoms with van der Waals surface area (Å²) in [6.45, 7) is 4.94. The third-order valence-electron chi connectivity index (χ3n) is 4.06. The van der Waals surface area contributed by atoms with Crippen LogP contribution in [0.25, 0.3) is 0 Å². The zero-order valence-electron chi connectivity index (χ0n) is 14.2. The molecule has 0 aliphatic carbocycles. The number of aromatic nitrogens is 1. The summed E-state index contributed by atoms with van der Waals surface area (Å²) in [5, 5.41) is 5.41. The quantitative estimate of drug-likeness (QED) is 0.826. The second-order valence-electron chi connectivity index (χ2n) is 5.86. The van der Waals surface area contributed by atoms with Crippen molar-refractivity contribution in [2.24, 2.45) is 0 Å². The number of morpholine rings is 1. The molecule has 0 unspecified atom stereocenters. The molecule has 1 aromatic heterocycles. The fraction of sp³-hybridized carbons (Fsp3) is 0.333. The molecule has 1 aromatic carbocycles. The standard InChI is InChI=1S/C18H20F2N4O2/c19-14-2-1-3-15(20)17(14)23-18(25)13-4-5-16(22-12-13)21-6-7-24-8-10-26-11-9-24/h1-5,12H,6-11H2,(H,21,22)(H,23,25). The number of rotatable bonds is 6. The van der Waals surface area contributed by atoms with Crippen LogP contribution in [0.3, 0.4) is 0 Å². The minimum atomic E-state index is -0.826. The number of pyridine rings is 1. The van der Waals surface area contributed by atoms with Crippen LogP contribution in [0.2, 0.25) is 0 Å². The van der Waals surface area contributed by atoms with Gasteiger partial charge in [-0.05, 0) is 24.3 Å². The third-order valence-corrected chi connectivity index (χ3v) is 4.06. The molecule has 2 aromatic rings. The van der Waals surface area contributed by atoms with E-state index in [1.807, 2.05) is 0 Å². The van der Waals surface area contributed by atoms with E-state index in [1.165, 1.54) is 12.3 Å². The lowest BCUT2D eigenvalue weighted by Gasteiger charge is -2.26. The number of benzene rings is 1. The number of hydrogen-bond donors (Lipinski definition) is 2. The predicted molar refractivity (Wildman–Crippen MR) is 94.3 cm³/mol. The van der Waals surface area contributed by atoms with Gasteiger partial charge in [-0.15, -0.1) is 0 Å². The zero-order valence-corrected chi connectivity index (χ0v) is 14.2. The molecule has 2 heterocycles. The molecule has 1 fully saturated rings. The van der Waals surface area contributed by atoms with Crippen molar-refractivity contribution >= 4 is 17.4 Å². The van der Waals surface area contributed by atoms with Gasteiger partial charge in [-0.3, -0.25) is 9.69 Å². The fourth-order valence-electron chi connectivity index (χ4n) is 2.60. The Kier molecular flexibility index (Phi) is 6.08. The van der Waals surface area contributed by atoms with E-state index in [0.717, 1.165) is 51.5 Å². The summed E-state index contributed by atoms with van der Waals surface area (Å²) in [6, 6.07) is 6.61. The van der Waals surface area contributed by atoms with Gasteiger partial charge in [0, 0.05) is 32.4 Å². The van der Waals surface area contributed by atoms with E-state index in [2.05, 4.69) is 20.5 Å². The topological polar surface area (TPSA) is 66.5 Å². The van der Waals surface area contributed by atoms with Gasteiger partial charge in [0.05, 0.1) is 18.8 Å². The van der Waals surface area contributed by atoms with Crippen LogP contribution in [0.15, 0.2) is 36.5 Å². The van der Waals surface area contributed by atoms with Gasteiger partial charge in [-0.2, -0.15) is 0 Å². The largest absolute Gasteiger partial charge is 0.379 e. The smallest absolute Gasteiger partial charge is 0.257 e. The number of carbonyl (C=O) groups excluding carboxylic acids is 1. The van der Waals surface area contributed by atoms with Gasteiger partial charge in [0.15, 0.2) is 0 Å². The molecule has 8 heteroatoms. The first-order valence-corrected chi connectivity index (χ1v) is 8.39. The molecule has 2 N–H and O–H groups in total. The molecular formula is C18H20F2N4O2. The summed E-state index contributed by atoms with van der Waals surface area (Å²) in [4.78, 5) is 18.6. The highest BCUT2D eigenvalue weighted by Crippen LogP contribution is 2.19. The number of nitrogens with one attached hydrogen (secondary N) is 2. The van der Waals surface area contributed by atoms with Crippen LogP contribution in [0.5, 0.6) is 0 Å². The Morgan fingerprint density at radius 3 is 2.54 bits per heavy atom. The Labute approximate surface area is 150 Å². The molecule has 26 heavy (non-hydrogen) atoms. The van der Waals surface area contributed by atoms with E-state index in [1.54, 1.807) is 12.1 Å². The van der Waals surface area contributed by atoms with Crippen LogP contribution in [-0.2, 0) is 4.74 Å². The van der Waals surface area contributed by atoms with Gasteiger partial charge in [-0.25, -0.2) is 13.8 Å². The Bertz CT molecular complexity index is 729. The second-order valence-corrected chi connectivity index (χ2v) is 5.86. The van der Waals surface area contributed by atoms with Gasteiger partial charge in [0.1, 0.15) is 23.1 Å². The summed E-state index contributed by atoms with van der Waals surface area (Å²) in [6.07, 6.45) is 1.37. The highest BCUT2D eigenvalue weighted by Gasteiger charge is 2.14. The van der Waals surface area contributed by atoms with Crippen molar-refractivity contribution in [2.45, 2.75) is 0 Å². The molecule has 1 aliphatic heterocycles. The lowest BCUT2D eigenvalue weighted by molar-refractivity contribution is 0.0398. The van der Waals surface area contributed by atoms with Crippen LogP contribution >= 0.6 is 0 Å². The number of nitrogens with zero attached hydrogens (tertiary/aromatic N) is 2. The molecule has 0 bridgehead atoms. The maximum absolute atomic E-state index is 13.6. The fourth-order valence-corrected chi connectivity index (χ4v) is 2.60. The van der Waals surface area contributed by atoms with Crippen LogP contribution < -0.4 is 10.6 Å². The van der Waals surface area contributed by atoms with Crippen molar-refractivity contribution in [1.29, 1.82) is 0 Å². The molecule has 6 nitrogen and oxygen atoms in total. The number of anilines is 2. The normalized spacial score (nSPS) is 14.8. The first-order valence-electron chi connectivity index (χ1n) is 8.39. The second kappa shape index (κ2) is 8.68. The first-order chi connectivity index (χ1) is 12.6. The van der Waals surface area contributed by atoms with E-state index in [4.69, 9.17) is 4.74 Å². The van der Waals surface area contributed by atoms with Crippen molar-refractivity contribution in [3.8, 4) is 0 Å². The van der Waals surface area contributed by atoms with Crippen molar-refractivity contribution in [2.75, 3.05) is 50.0 Å². The average molecular weight is 362 g/mol. The maximum Gasteiger partial charge on any atom is 0.257 e. The van der Waals surface area contributed by atoms with E-state index < -0.39 is 23.2 Å². The van der Waals surface area contributed by atoms with Gasteiger partial charge in [-0.1, -0.05) is 6.07 Å². The molecule has 138 valence electrons. The molecule has 0 spiro atoms. The number of para-hydroxylation sites is 1. The molecule has 1 saturated heterocycles. The number of amides is 1. The van der Waals surface area contributed by atoms with E-state index in [-0.39, 0.29) is 5.56 Å². The molecule has 0 atom stereocenters. The SMILES string of the molecule is O=C(Nc1c(F)cccc1F)c1ccc(NCCN2CCOCC2)nc1. The number of ether oxygens (including phenoxy) is 1. The molecule has 0 saturated carbocycles. The van der Waals surface area contributed by atoms with Gasteiger partial charge >= 0.3 is 0 Å². The maximum atomic E-state index is 13.6. The van der Waals surface area contributed by atoms with Crippen molar-refractivity contribution in [1.82, 2.24) is 9.88 Å². The minimum Gasteiger partial charge on any atom is -0.379 e. The van der Waals surface area contributed by atoms with E-state index >= 15 is 0 Å². The Hall–Kier alpha value is -2.58. The van der Waals surface area contributed by atoms with Crippen LogP contribution in [0.1, 0.15) is 10.4 Å². The lowest BCUT2D eigenvalue weighted by atomic mass is 10.2. The molecule has 1 amide bonds. The Balaban J connectivity index is 1.52. The average Bonchev–Trinajstić information content (AvgIpc) is 2.66. The summed E-state index contributed by atoms with van der Waals surface area (Å²) >= 11 is 0. The van der Waals surface area contributed by atoms with E-state index in [9.17, 15) is 13.6 Å². The van der Waals surface area contributed by atoms with Gasteiger partial charge in [0.25, 0.3) is 5.91 Å². The summed E-state index contributed by atoms with van der Waals surface area (Å²) in [5.41, 5.74) is -0.253. The lowest BCUT2D eigenvalue weighted by Crippen LogP contribution is -2.39. The molecule has 3 rings (SSSR count). The highest BCUT2D eigenvalue weighted by atomic mass is 19.1. The summed E-state index contributed by atoms with van der Waals surface area (Å²) in [5.74, 6) is -1.64. The van der Waals surface area contributed by atoms with Crippen LogP contribution in [0.4, 0.5) is 20.3 Å². The van der Waals surface area contributed by atoms with Crippen LogP contribution in [0, 0.1) is 11.6 Å². The summed E-state index contributed by atoms with van der Waals surface area (Å²) < 4.78 is 32.5. The number of halogens is 2. The molecular weight excluding hydrogens is 342 g/mol. The van der Waals surface area contributed by atoms with Gasteiger partial charge in [0.2, 0.25) is 0 Å². The van der Waals surface area contributed by atoms with Crippen molar-refractivity contribution in [3.63, 3.8) is 0 Å². The van der Waals surface area contributed by atoms with Gasteiger partial charge < -0.3 is 15.4 Å². The minimum absolute atomic E-state index is 0.214. The van der Waals surface area contributed by atoms with Crippen molar-refractivity contribution in [3.05, 3.63) is 53.7 Å². The van der Waals surface area contributed by atoms with Crippen molar-refractivity contribution < 1.29 is 18.3 Å². The van der Waals surface area contributed by atoms with Crippen LogP contribution in [-0.4, -0.2) is 55.2 Å². The van der Waals surface area contributed by atoms with E-state index in [0.29, 0.717) is 5.82 Å². The monoisotopic (exact) mass is 362 g/mol. The Morgan fingerprint density at radius 2 is 1.88 bits per heavy atom. The third kappa shape index (κ3) is 4.74. The zero-order chi connectivity index (χ0) is 18.4. The first kappa shape index (κ1) is 18.2. The summed E-state index contributed by atoms with van der Waals surface area (Å²) in [7, 11) is 0. The molecule has 0 radical (unpaired) electrons. The predicted octanol–water partition coefficient (Wildman–Crippen LogP) is 2.36. The number of carbonyl (C=O) groups is 1. The Morgan fingerprint density at radius 1 is 1.15 bits per heavy atom. The number of hydrogen-bond acceptors (Lipinski definition) is 5. The molecule has 1 aliphatic rings.